The van der Waals surface area contributed by atoms with E-state index in [0.29, 0.717) is 6.61 Å². The van der Waals surface area contributed by atoms with Gasteiger partial charge in [0.2, 0.25) is 5.88 Å². The molecule has 0 bridgehead atoms. The van der Waals surface area contributed by atoms with Gasteiger partial charge in [-0.1, -0.05) is 6.07 Å². The molecule has 0 saturated carbocycles. The fourth-order valence-corrected chi connectivity index (χ4v) is 2.02. The molecule has 0 aliphatic rings. The monoisotopic (exact) mass is 324 g/mol. The molecule has 0 unspecified atom stereocenters. The third kappa shape index (κ3) is 4.00. The second-order valence-electron chi connectivity index (χ2n) is 4.77. The number of anilines is 1. The minimum absolute atomic E-state index is 0.0548. The van der Waals surface area contributed by atoms with E-state index in [4.69, 9.17) is 4.74 Å². The number of hydrogen-bond donors (Lipinski definition) is 1. The molecule has 0 aliphatic heterocycles. The number of halogens is 3. The summed E-state index contributed by atoms with van der Waals surface area (Å²) >= 11 is 0. The van der Waals surface area contributed by atoms with E-state index in [0.717, 1.165) is 6.07 Å². The number of amides is 1. The van der Waals surface area contributed by atoms with E-state index in [1.165, 1.54) is 31.3 Å². The zero-order valence-corrected chi connectivity index (χ0v) is 12.6. The molecule has 4 nitrogen and oxygen atoms in total. The van der Waals surface area contributed by atoms with Crippen LogP contribution in [0, 0.1) is 6.92 Å². The number of aryl methyl sites for hydroxylation is 1. The molecule has 0 aliphatic carbocycles. The Hall–Kier alpha value is -2.57. The molecule has 122 valence electrons. The minimum Gasteiger partial charge on any atom is -0.477 e. The summed E-state index contributed by atoms with van der Waals surface area (Å²) in [6, 6.07) is 6.67. The Morgan fingerprint density at radius 1 is 1.30 bits per heavy atom. The lowest BCUT2D eigenvalue weighted by atomic mass is 10.1. The number of pyridine rings is 1. The number of carbonyl (C=O) groups excluding carboxylic acids is 1. The second-order valence-corrected chi connectivity index (χ2v) is 4.77. The van der Waals surface area contributed by atoms with E-state index in [1.807, 2.05) is 0 Å². The topological polar surface area (TPSA) is 51.2 Å². The molecule has 1 N–H and O–H groups in total. The molecule has 0 atom stereocenters. The van der Waals surface area contributed by atoms with Crippen LogP contribution in [0.4, 0.5) is 18.9 Å². The van der Waals surface area contributed by atoms with E-state index in [9.17, 15) is 18.0 Å². The standard InChI is InChI=1S/C16H15F3N2O2/c1-3-23-15-12(5-4-8-20-15)14(22)21-11-7-6-10(2)13(9-11)16(17,18)19/h4-9H,3H2,1-2H3,(H,21,22). The van der Waals surface area contributed by atoms with Crippen molar-refractivity contribution in [1.82, 2.24) is 4.98 Å². The van der Waals surface area contributed by atoms with Gasteiger partial charge in [-0.25, -0.2) is 4.98 Å². The van der Waals surface area contributed by atoms with Gasteiger partial charge in [-0.2, -0.15) is 13.2 Å². The quantitative estimate of drug-likeness (QED) is 0.923. The summed E-state index contributed by atoms with van der Waals surface area (Å²) in [6.45, 7) is 3.43. The molecule has 0 fully saturated rings. The highest BCUT2D eigenvalue weighted by molar-refractivity contribution is 6.05. The van der Waals surface area contributed by atoms with Gasteiger partial charge >= 0.3 is 6.18 Å². The molecule has 1 aromatic carbocycles. The molecule has 0 radical (unpaired) electrons. The number of rotatable bonds is 4. The number of aromatic nitrogens is 1. The van der Waals surface area contributed by atoms with E-state index >= 15 is 0 Å². The lowest BCUT2D eigenvalue weighted by Gasteiger charge is -2.13. The zero-order valence-electron chi connectivity index (χ0n) is 12.6. The Morgan fingerprint density at radius 3 is 2.70 bits per heavy atom. The molecule has 0 saturated heterocycles. The van der Waals surface area contributed by atoms with Crippen molar-refractivity contribution in [2.75, 3.05) is 11.9 Å². The van der Waals surface area contributed by atoms with Gasteiger partial charge in [0, 0.05) is 11.9 Å². The first-order chi connectivity index (χ1) is 10.8. The van der Waals surface area contributed by atoms with Crippen LogP contribution in [0.1, 0.15) is 28.4 Å². The van der Waals surface area contributed by atoms with Gasteiger partial charge in [-0.15, -0.1) is 0 Å². The molecule has 2 rings (SSSR count). The Labute approximate surface area is 131 Å². The van der Waals surface area contributed by atoms with Crippen LogP contribution >= 0.6 is 0 Å². The third-order valence-corrected chi connectivity index (χ3v) is 3.10. The van der Waals surface area contributed by atoms with Crippen LogP contribution in [0.15, 0.2) is 36.5 Å². The van der Waals surface area contributed by atoms with Crippen molar-refractivity contribution in [3.63, 3.8) is 0 Å². The van der Waals surface area contributed by atoms with Gasteiger partial charge in [-0.05, 0) is 43.7 Å². The summed E-state index contributed by atoms with van der Waals surface area (Å²) in [5.41, 5.74) is -0.485. The van der Waals surface area contributed by atoms with Crippen molar-refractivity contribution in [2.45, 2.75) is 20.0 Å². The summed E-state index contributed by atoms with van der Waals surface area (Å²) in [4.78, 5) is 16.2. The van der Waals surface area contributed by atoms with E-state index in [2.05, 4.69) is 10.3 Å². The summed E-state index contributed by atoms with van der Waals surface area (Å²) in [7, 11) is 0. The predicted molar refractivity (Wildman–Crippen MR) is 79.5 cm³/mol. The van der Waals surface area contributed by atoms with Crippen molar-refractivity contribution < 1.29 is 22.7 Å². The predicted octanol–water partition coefficient (Wildman–Crippen LogP) is 4.06. The number of nitrogens with one attached hydrogen (secondary N) is 1. The number of hydrogen-bond acceptors (Lipinski definition) is 3. The van der Waals surface area contributed by atoms with E-state index < -0.39 is 17.6 Å². The molecule has 0 spiro atoms. The highest BCUT2D eigenvalue weighted by Crippen LogP contribution is 2.33. The number of alkyl halides is 3. The van der Waals surface area contributed by atoms with Crippen LogP contribution in [-0.4, -0.2) is 17.5 Å². The Kier molecular flexibility index (Phi) is 4.88. The number of benzene rings is 1. The summed E-state index contributed by atoms with van der Waals surface area (Å²) in [5.74, 6) is -0.450. The van der Waals surface area contributed by atoms with Gasteiger partial charge in [0.1, 0.15) is 5.56 Å². The molecular weight excluding hydrogens is 309 g/mol. The van der Waals surface area contributed by atoms with Crippen molar-refractivity contribution >= 4 is 11.6 Å². The summed E-state index contributed by atoms with van der Waals surface area (Å²) in [6.07, 6.45) is -3.01. The molecular formula is C16H15F3N2O2. The maximum atomic E-state index is 12.9. The number of ether oxygens (including phenoxy) is 1. The third-order valence-electron chi connectivity index (χ3n) is 3.10. The lowest BCUT2D eigenvalue weighted by Crippen LogP contribution is -2.15. The van der Waals surface area contributed by atoms with Gasteiger partial charge in [0.05, 0.1) is 12.2 Å². The summed E-state index contributed by atoms with van der Waals surface area (Å²) < 4.78 is 44.0. The first-order valence-electron chi connectivity index (χ1n) is 6.90. The molecule has 2 aromatic rings. The zero-order chi connectivity index (χ0) is 17.0. The Morgan fingerprint density at radius 2 is 2.04 bits per heavy atom. The van der Waals surface area contributed by atoms with E-state index in [-0.39, 0.29) is 22.7 Å². The summed E-state index contributed by atoms with van der Waals surface area (Å²) in [5, 5.41) is 2.44. The van der Waals surface area contributed by atoms with Crippen molar-refractivity contribution in [1.29, 1.82) is 0 Å². The smallest absolute Gasteiger partial charge is 0.416 e. The van der Waals surface area contributed by atoms with Crippen molar-refractivity contribution in [3.8, 4) is 5.88 Å². The fourth-order valence-electron chi connectivity index (χ4n) is 2.02. The lowest BCUT2D eigenvalue weighted by molar-refractivity contribution is -0.138. The van der Waals surface area contributed by atoms with Gasteiger partial charge in [0.25, 0.3) is 5.91 Å². The average Bonchev–Trinajstić information content (AvgIpc) is 2.49. The van der Waals surface area contributed by atoms with Crippen LogP contribution < -0.4 is 10.1 Å². The largest absolute Gasteiger partial charge is 0.477 e. The van der Waals surface area contributed by atoms with Crippen molar-refractivity contribution in [2.24, 2.45) is 0 Å². The average molecular weight is 324 g/mol. The van der Waals surface area contributed by atoms with E-state index in [1.54, 1.807) is 13.0 Å². The van der Waals surface area contributed by atoms with Gasteiger partial charge in [0.15, 0.2) is 0 Å². The maximum absolute atomic E-state index is 12.9. The first kappa shape index (κ1) is 16.8. The van der Waals surface area contributed by atoms with Gasteiger partial charge in [-0.3, -0.25) is 4.79 Å². The number of carbonyl (C=O) groups is 1. The Balaban J connectivity index is 2.28. The second kappa shape index (κ2) is 6.68. The molecule has 7 heteroatoms. The van der Waals surface area contributed by atoms with Crippen LogP contribution in [0.2, 0.25) is 0 Å². The SMILES string of the molecule is CCOc1ncccc1C(=O)Nc1ccc(C)c(C(F)(F)F)c1. The molecule has 1 amide bonds. The maximum Gasteiger partial charge on any atom is 0.416 e. The first-order valence-corrected chi connectivity index (χ1v) is 6.90. The molecule has 1 heterocycles. The fraction of sp³-hybridized carbons (Fsp3) is 0.250. The minimum atomic E-state index is -4.48. The Bertz CT molecular complexity index is 715. The van der Waals surface area contributed by atoms with Crippen molar-refractivity contribution in [3.05, 3.63) is 53.2 Å². The molecule has 23 heavy (non-hydrogen) atoms. The normalized spacial score (nSPS) is 11.2. The highest BCUT2D eigenvalue weighted by Gasteiger charge is 2.32. The van der Waals surface area contributed by atoms with Crippen LogP contribution in [-0.2, 0) is 6.18 Å². The van der Waals surface area contributed by atoms with Crippen LogP contribution in [0.25, 0.3) is 0 Å². The van der Waals surface area contributed by atoms with Gasteiger partial charge < -0.3 is 10.1 Å². The highest BCUT2D eigenvalue weighted by atomic mass is 19.4. The molecule has 1 aromatic heterocycles. The number of nitrogens with zero attached hydrogens (tertiary/aromatic N) is 1. The van der Waals surface area contributed by atoms with Crippen LogP contribution in [0.3, 0.4) is 0 Å². The van der Waals surface area contributed by atoms with Crippen LogP contribution in [0.5, 0.6) is 5.88 Å².